The molecule has 2 rings (SSSR count). The zero-order valence-corrected chi connectivity index (χ0v) is 9.44. The molecule has 1 aliphatic heterocycles. The molecule has 0 bridgehead atoms. The Morgan fingerprint density at radius 3 is 2.73 bits per heavy atom. The van der Waals surface area contributed by atoms with Crippen LogP contribution in [0.15, 0.2) is 10.5 Å². The van der Waals surface area contributed by atoms with Crippen molar-refractivity contribution in [3.8, 4) is 0 Å². The minimum absolute atomic E-state index is 0.139. The molecule has 1 N–H and O–H groups in total. The van der Waals surface area contributed by atoms with Crippen LogP contribution in [0.25, 0.3) is 0 Å². The Morgan fingerprint density at radius 1 is 1.47 bits per heavy atom. The van der Waals surface area contributed by atoms with Gasteiger partial charge in [-0.25, -0.2) is 4.39 Å². The van der Waals surface area contributed by atoms with Gasteiger partial charge in [0.2, 0.25) is 0 Å². The highest BCUT2D eigenvalue weighted by atomic mass is 79.9. The summed E-state index contributed by atoms with van der Waals surface area (Å²) in [7, 11) is 0. The minimum atomic E-state index is -0.801. The van der Waals surface area contributed by atoms with Crippen LogP contribution in [0.4, 0.5) is 10.1 Å². The topological polar surface area (TPSA) is 46.2 Å². The van der Waals surface area contributed by atoms with Gasteiger partial charge in [-0.3, -0.25) is 9.59 Å². The SMILES string of the molecule is CCc1c(Br)cc(F)c2c1NC(=O)C2=O. The van der Waals surface area contributed by atoms with E-state index in [9.17, 15) is 14.0 Å². The van der Waals surface area contributed by atoms with Crippen LogP contribution in [0.5, 0.6) is 0 Å². The lowest BCUT2D eigenvalue weighted by molar-refractivity contribution is -0.112. The molecule has 5 heteroatoms. The Morgan fingerprint density at radius 2 is 2.13 bits per heavy atom. The van der Waals surface area contributed by atoms with Crippen molar-refractivity contribution >= 4 is 33.3 Å². The summed E-state index contributed by atoms with van der Waals surface area (Å²) >= 11 is 3.20. The molecule has 0 aromatic heterocycles. The van der Waals surface area contributed by atoms with Gasteiger partial charge >= 0.3 is 0 Å². The number of fused-ring (bicyclic) bond motifs is 1. The molecule has 0 aliphatic carbocycles. The third-order valence-corrected chi connectivity index (χ3v) is 3.07. The van der Waals surface area contributed by atoms with Crippen molar-refractivity contribution in [2.45, 2.75) is 13.3 Å². The van der Waals surface area contributed by atoms with Crippen molar-refractivity contribution in [1.29, 1.82) is 0 Å². The number of nitrogens with one attached hydrogen (secondary N) is 1. The Labute approximate surface area is 93.8 Å². The van der Waals surface area contributed by atoms with Gasteiger partial charge in [0.05, 0.1) is 11.3 Å². The van der Waals surface area contributed by atoms with Crippen molar-refractivity contribution in [2.24, 2.45) is 0 Å². The van der Waals surface area contributed by atoms with Crippen LogP contribution in [-0.2, 0) is 11.2 Å². The number of halogens is 2. The number of benzene rings is 1. The molecule has 1 aromatic carbocycles. The molecule has 78 valence electrons. The molecule has 1 heterocycles. The quantitative estimate of drug-likeness (QED) is 0.797. The summed E-state index contributed by atoms with van der Waals surface area (Å²) in [4.78, 5) is 22.4. The van der Waals surface area contributed by atoms with E-state index in [4.69, 9.17) is 0 Å². The van der Waals surface area contributed by atoms with Crippen molar-refractivity contribution in [3.63, 3.8) is 0 Å². The van der Waals surface area contributed by atoms with Gasteiger partial charge in [0, 0.05) is 4.47 Å². The van der Waals surface area contributed by atoms with Crippen LogP contribution in [0.2, 0.25) is 0 Å². The van der Waals surface area contributed by atoms with Gasteiger partial charge in [-0.05, 0) is 18.1 Å². The van der Waals surface area contributed by atoms with Crippen LogP contribution in [0, 0.1) is 5.82 Å². The van der Waals surface area contributed by atoms with Crippen LogP contribution in [0.1, 0.15) is 22.8 Å². The van der Waals surface area contributed by atoms with Gasteiger partial charge in [0.25, 0.3) is 11.7 Å². The molecular formula is C10H7BrFNO2. The van der Waals surface area contributed by atoms with Gasteiger partial charge in [0.1, 0.15) is 5.82 Å². The molecule has 0 saturated carbocycles. The first kappa shape index (κ1) is 10.3. The standard InChI is InChI=1S/C10H7BrFNO2/c1-2-4-5(11)3-6(12)7-8(4)13-10(15)9(7)14/h3H,2H2,1H3,(H,13,14,15). The zero-order chi connectivity index (χ0) is 11.2. The number of hydrogen-bond acceptors (Lipinski definition) is 2. The van der Waals surface area contributed by atoms with Crippen molar-refractivity contribution in [2.75, 3.05) is 5.32 Å². The fraction of sp³-hybridized carbons (Fsp3) is 0.200. The van der Waals surface area contributed by atoms with Crippen LogP contribution >= 0.6 is 15.9 Å². The molecule has 1 aromatic rings. The molecule has 1 aliphatic rings. The molecule has 0 saturated heterocycles. The highest BCUT2D eigenvalue weighted by Crippen LogP contribution is 2.35. The van der Waals surface area contributed by atoms with E-state index in [0.29, 0.717) is 16.6 Å². The summed E-state index contributed by atoms with van der Waals surface area (Å²) in [5, 5.41) is 2.39. The van der Waals surface area contributed by atoms with E-state index in [-0.39, 0.29) is 5.56 Å². The summed E-state index contributed by atoms with van der Waals surface area (Å²) in [5.74, 6) is -2.24. The number of amides is 1. The van der Waals surface area contributed by atoms with Crippen LogP contribution in [-0.4, -0.2) is 11.7 Å². The first-order chi connectivity index (χ1) is 7.06. The fourth-order valence-electron chi connectivity index (χ4n) is 1.65. The lowest BCUT2D eigenvalue weighted by Crippen LogP contribution is -2.13. The first-order valence-electron chi connectivity index (χ1n) is 4.42. The third-order valence-electron chi connectivity index (χ3n) is 2.36. The molecular weight excluding hydrogens is 265 g/mol. The van der Waals surface area contributed by atoms with E-state index < -0.39 is 17.5 Å². The summed E-state index contributed by atoms with van der Waals surface area (Å²) < 4.78 is 14.0. The number of Topliss-reactive ketones (excluding diaryl/α,β-unsaturated/α-hetero) is 1. The monoisotopic (exact) mass is 271 g/mol. The minimum Gasteiger partial charge on any atom is -0.318 e. The second kappa shape index (κ2) is 3.41. The lowest BCUT2D eigenvalue weighted by atomic mass is 10.0. The zero-order valence-electron chi connectivity index (χ0n) is 7.86. The molecule has 0 spiro atoms. The predicted molar refractivity (Wildman–Crippen MR) is 56.4 cm³/mol. The van der Waals surface area contributed by atoms with Crippen LogP contribution < -0.4 is 5.32 Å². The van der Waals surface area contributed by atoms with E-state index in [1.54, 1.807) is 0 Å². The maximum absolute atomic E-state index is 13.4. The Bertz CT molecular complexity index is 485. The maximum atomic E-state index is 13.4. The smallest absolute Gasteiger partial charge is 0.296 e. The Hall–Kier alpha value is -1.23. The maximum Gasteiger partial charge on any atom is 0.296 e. The number of carbonyl (C=O) groups is 2. The summed E-state index contributed by atoms with van der Waals surface area (Å²) in [6.07, 6.45) is 0.608. The van der Waals surface area contributed by atoms with E-state index in [1.165, 1.54) is 6.07 Å². The van der Waals surface area contributed by atoms with Crippen molar-refractivity contribution in [3.05, 3.63) is 27.5 Å². The van der Waals surface area contributed by atoms with Gasteiger partial charge in [0.15, 0.2) is 0 Å². The molecule has 15 heavy (non-hydrogen) atoms. The average Bonchev–Trinajstić information content (AvgIpc) is 2.44. The summed E-state index contributed by atoms with van der Waals surface area (Å²) in [6.45, 7) is 1.87. The number of hydrogen-bond donors (Lipinski definition) is 1. The van der Waals surface area contributed by atoms with E-state index >= 15 is 0 Å². The van der Waals surface area contributed by atoms with E-state index in [1.807, 2.05) is 6.92 Å². The van der Waals surface area contributed by atoms with Crippen molar-refractivity contribution in [1.82, 2.24) is 0 Å². The Balaban J connectivity index is 2.76. The molecule has 0 fully saturated rings. The van der Waals surface area contributed by atoms with Gasteiger partial charge in [-0.15, -0.1) is 0 Å². The second-order valence-corrected chi connectivity index (χ2v) is 4.06. The molecule has 1 amide bonds. The van der Waals surface area contributed by atoms with Crippen molar-refractivity contribution < 1.29 is 14.0 Å². The fourth-order valence-corrected chi connectivity index (χ4v) is 2.33. The van der Waals surface area contributed by atoms with Gasteiger partial charge in [-0.1, -0.05) is 22.9 Å². The lowest BCUT2D eigenvalue weighted by Gasteiger charge is -2.08. The number of ketones is 1. The normalized spacial score (nSPS) is 14.1. The molecule has 3 nitrogen and oxygen atoms in total. The van der Waals surface area contributed by atoms with Gasteiger partial charge < -0.3 is 5.32 Å². The number of carbonyl (C=O) groups excluding carboxylic acids is 2. The third kappa shape index (κ3) is 1.38. The molecule has 0 radical (unpaired) electrons. The largest absolute Gasteiger partial charge is 0.318 e. The van der Waals surface area contributed by atoms with Crippen LogP contribution in [0.3, 0.4) is 0 Å². The highest BCUT2D eigenvalue weighted by Gasteiger charge is 2.33. The molecule has 0 atom stereocenters. The second-order valence-electron chi connectivity index (χ2n) is 3.21. The first-order valence-corrected chi connectivity index (χ1v) is 5.22. The molecule has 0 unspecified atom stereocenters. The Kier molecular flexibility index (Phi) is 2.34. The predicted octanol–water partition coefficient (Wildman–Crippen LogP) is 2.29. The summed E-state index contributed by atoms with van der Waals surface area (Å²) in [6, 6.07) is 1.22. The summed E-state index contributed by atoms with van der Waals surface area (Å²) in [5.41, 5.74) is 0.907. The number of rotatable bonds is 1. The highest BCUT2D eigenvalue weighted by molar-refractivity contribution is 9.10. The van der Waals surface area contributed by atoms with Gasteiger partial charge in [-0.2, -0.15) is 0 Å². The van der Waals surface area contributed by atoms with E-state index in [0.717, 1.165) is 5.56 Å². The average molecular weight is 272 g/mol. The van der Waals surface area contributed by atoms with E-state index in [2.05, 4.69) is 21.2 Å². The number of anilines is 1.